The minimum atomic E-state index is 0.0414. The summed E-state index contributed by atoms with van der Waals surface area (Å²) in [4.78, 5) is 0. The fourth-order valence-electron chi connectivity index (χ4n) is 2.16. The Morgan fingerprint density at radius 1 is 1.11 bits per heavy atom. The molecule has 0 heterocycles. The van der Waals surface area contributed by atoms with Crippen LogP contribution in [0.1, 0.15) is 43.4 Å². The van der Waals surface area contributed by atoms with Gasteiger partial charge in [-0.3, -0.25) is 0 Å². The van der Waals surface area contributed by atoms with Gasteiger partial charge in [-0.2, -0.15) is 0 Å². The van der Waals surface area contributed by atoms with E-state index in [1.807, 2.05) is 0 Å². The molecule has 0 spiro atoms. The molecule has 0 aliphatic carbocycles. The monoisotopic (exact) mass is 249 g/mol. The first-order chi connectivity index (χ1) is 8.56. The summed E-state index contributed by atoms with van der Waals surface area (Å²) in [6.07, 6.45) is 2.03. The number of aliphatic hydroxyl groups excluding tert-OH is 1. The number of aryl methyl sites for hydroxylation is 2. The van der Waals surface area contributed by atoms with Gasteiger partial charge < -0.3 is 10.4 Å². The molecule has 2 heteroatoms. The van der Waals surface area contributed by atoms with E-state index < -0.39 is 0 Å². The maximum absolute atomic E-state index is 9.51. The normalized spacial score (nSPS) is 11.8. The third kappa shape index (κ3) is 3.82. The van der Waals surface area contributed by atoms with E-state index in [2.05, 4.69) is 51.2 Å². The van der Waals surface area contributed by atoms with Gasteiger partial charge in [0.25, 0.3) is 0 Å². The smallest absolute Gasteiger partial charge is 0.0499 e. The Morgan fingerprint density at radius 3 is 2.28 bits per heavy atom. The van der Waals surface area contributed by atoms with Gasteiger partial charge >= 0.3 is 0 Å². The van der Waals surface area contributed by atoms with Gasteiger partial charge in [0, 0.05) is 25.1 Å². The van der Waals surface area contributed by atoms with Crippen molar-refractivity contribution in [1.82, 2.24) is 5.32 Å². The Kier molecular flexibility index (Phi) is 5.83. The predicted molar refractivity (Wildman–Crippen MR) is 77.7 cm³/mol. The van der Waals surface area contributed by atoms with Crippen molar-refractivity contribution in [2.24, 2.45) is 5.41 Å². The summed E-state index contributed by atoms with van der Waals surface area (Å²) in [5.41, 5.74) is 4.04. The maximum Gasteiger partial charge on any atom is 0.0499 e. The maximum atomic E-state index is 9.51. The fourth-order valence-corrected chi connectivity index (χ4v) is 2.16. The zero-order valence-corrected chi connectivity index (χ0v) is 12.2. The standard InChI is InChI=1S/C16H27NO/c1-5-16(6-2,12-18)11-17-10-15-8-7-13(3)14(4)9-15/h7-9,17-18H,5-6,10-12H2,1-4H3. The summed E-state index contributed by atoms with van der Waals surface area (Å²) >= 11 is 0. The molecule has 18 heavy (non-hydrogen) atoms. The lowest BCUT2D eigenvalue weighted by Crippen LogP contribution is -2.36. The highest BCUT2D eigenvalue weighted by molar-refractivity contribution is 5.29. The van der Waals surface area contributed by atoms with Crippen molar-refractivity contribution in [2.45, 2.75) is 47.1 Å². The zero-order valence-electron chi connectivity index (χ0n) is 12.2. The number of nitrogens with one attached hydrogen (secondary N) is 1. The molecular formula is C16H27NO. The first-order valence-electron chi connectivity index (χ1n) is 6.94. The Hall–Kier alpha value is -0.860. The van der Waals surface area contributed by atoms with Crippen molar-refractivity contribution in [3.63, 3.8) is 0 Å². The number of rotatable bonds is 7. The Labute approximate surface area is 111 Å². The average Bonchev–Trinajstić information content (AvgIpc) is 2.39. The predicted octanol–water partition coefficient (Wildman–Crippen LogP) is 3.19. The van der Waals surface area contributed by atoms with Crippen LogP contribution in [0.3, 0.4) is 0 Å². The molecule has 0 radical (unpaired) electrons. The van der Waals surface area contributed by atoms with Gasteiger partial charge in [-0.1, -0.05) is 32.0 Å². The zero-order chi connectivity index (χ0) is 13.6. The molecule has 0 aliphatic heterocycles. The van der Waals surface area contributed by atoms with Crippen LogP contribution < -0.4 is 5.32 Å². The highest BCUT2D eigenvalue weighted by atomic mass is 16.3. The fraction of sp³-hybridized carbons (Fsp3) is 0.625. The van der Waals surface area contributed by atoms with Crippen molar-refractivity contribution in [3.8, 4) is 0 Å². The first-order valence-corrected chi connectivity index (χ1v) is 6.94. The Balaban J connectivity index is 2.52. The topological polar surface area (TPSA) is 32.3 Å². The van der Waals surface area contributed by atoms with E-state index in [1.54, 1.807) is 0 Å². The van der Waals surface area contributed by atoms with Gasteiger partial charge in [0.05, 0.1) is 0 Å². The molecule has 1 aromatic carbocycles. The molecule has 0 unspecified atom stereocenters. The van der Waals surface area contributed by atoms with Gasteiger partial charge in [-0.25, -0.2) is 0 Å². The quantitative estimate of drug-likeness (QED) is 0.778. The molecule has 0 amide bonds. The third-order valence-electron chi connectivity index (χ3n) is 4.24. The lowest BCUT2D eigenvalue weighted by Gasteiger charge is -2.29. The number of aliphatic hydroxyl groups is 1. The van der Waals surface area contributed by atoms with Crippen LogP contribution in [-0.2, 0) is 6.54 Å². The molecule has 0 aromatic heterocycles. The average molecular weight is 249 g/mol. The van der Waals surface area contributed by atoms with Gasteiger partial charge in [-0.05, 0) is 43.4 Å². The van der Waals surface area contributed by atoms with Crippen LogP contribution in [0.5, 0.6) is 0 Å². The van der Waals surface area contributed by atoms with E-state index in [1.165, 1.54) is 16.7 Å². The second-order valence-electron chi connectivity index (χ2n) is 5.39. The van der Waals surface area contributed by atoms with Crippen LogP contribution in [0.4, 0.5) is 0 Å². The molecule has 0 aliphatic rings. The van der Waals surface area contributed by atoms with Crippen molar-refractivity contribution < 1.29 is 5.11 Å². The Bertz CT molecular complexity index is 361. The van der Waals surface area contributed by atoms with Crippen LogP contribution >= 0.6 is 0 Å². The minimum Gasteiger partial charge on any atom is -0.396 e. The van der Waals surface area contributed by atoms with Gasteiger partial charge in [0.2, 0.25) is 0 Å². The molecule has 1 rings (SSSR count). The molecule has 0 fully saturated rings. The van der Waals surface area contributed by atoms with Crippen LogP contribution in [0.2, 0.25) is 0 Å². The van der Waals surface area contributed by atoms with Gasteiger partial charge in [0.1, 0.15) is 0 Å². The van der Waals surface area contributed by atoms with E-state index in [0.717, 1.165) is 25.9 Å². The highest BCUT2D eigenvalue weighted by Crippen LogP contribution is 2.24. The Morgan fingerprint density at radius 2 is 1.78 bits per heavy atom. The lowest BCUT2D eigenvalue weighted by atomic mass is 9.83. The van der Waals surface area contributed by atoms with Gasteiger partial charge in [0.15, 0.2) is 0 Å². The minimum absolute atomic E-state index is 0.0414. The van der Waals surface area contributed by atoms with Crippen molar-refractivity contribution in [2.75, 3.05) is 13.2 Å². The summed E-state index contributed by atoms with van der Waals surface area (Å²) < 4.78 is 0. The SMILES string of the molecule is CCC(CC)(CO)CNCc1ccc(C)c(C)c1. The first kappa shape index (κ1) is 15.2. The number of hydrogen-bond acceptors (Lipinski definition) is 2. The molecule has 102 valence electrons. The van der Waals surface area contributed by atoms with E-state index in [4.69, 9.17) is 0 Å². The van der Waals surface area contributed by atoms with E-state index in [-0.39, 0.29) is 12.0 Å². The summed E-state index contributed by atoms with van der Waals surface area (Å²) in [6, 6.07) is 6.58. The summed E-state index contributed by atoms with van der Waals surface area (Å²) in [5.74, 6) is 0. The highest BCUT2D eigenvalue weighted by Gasteiger charge is 2.24. The van der Waals surface area contributed by atoms with Gasteiger partial charge in [-0.15, -0.1) is 0 Å². The van der Waals surface area contributed by atoms with Crippen molar-refractivity contribution >= 4 is 0 Å². The molecular weight excluding hydrogens is 222 g/mol. The van der Waals surface area contributed by atoms with Crippen molar-refractivity contribution in [1.29, 1.82) is 0 Å². The molecule has 0 saturated carbocycles. The summed E-state index contributed by atoms with van der Waals surface area (Å²) in [5, 5.41) is 13.0. The number of hydrogen-bond donors (Lipinski definition) is 2. The van der Waals surface area contributed by atoms with Crippen LogP contribution in [0, 0.1) is 19.3 Å². The number of benzene rings is 1. The molecule has 0 atom stereocenters. The van der Waals surface area contributed by atoms with Crippen LogP contribution in [0.25, 0.3) is 0 Å². The van der Waals surface area contributed by atoms with E-state index >= 15 is 0 Å². The summed E-state index contributed by atoms with van der Waals surface area (Å²) in [7, 11) is 0. The summed E-state index contributed by atoms with van der Waals surface area (Å²) in [6.45, 7) is 10.6. The largest absolute Gasteiger partial charge is 0.396 e. The molecule has 2 nitrogen and oxygen atoms in total. The van der Waals surface area contributed by atoms with E-state index in [0.29, 0.717) is 0 Å². The van der Waals surface area contributed by atoms with E-state index in [9.17, 15) is 5.11 Å². The van der Waals surface area contributed by atoms with Crippen molar-refractivity contribution in [3.05, 3.63) is 34.9 Å². The molecule has 2 N–H and O–H groups in total. The van der Waals surface area contributed by atoms with Crippen LogP contribution in [-0.4, -0.2) is 18.3 Å². The van der Waals surface area contributed by atoms with Crippen LogP contribution in [0.15, 0.2) is 18.2 Å². The third-order valence-corrected chi connectivity index (χ3v) is 4.24. The molecule has 1 aromatic rings. The second kappa shape index (κ2) is 6.91. The molecule has 0 bridgehead atoms. The lowest BCUT2D eigenvalue weighted by molar-refractivity contribution is 0.113. The second-order valence-corrected chi connectivity index (χ2v) is 5.39. The molecule has 0 saturated heterocycles.